The van der Waals surface area contributed by atoms with Crippen molar-refractivity contribution in [2.24, 2.45) is 0 Å². The Morgan fingerprint density at radius 1 is 1.40 bits per heavy atom. The molecule has 58 valence electrons. The average molecular weight is 235 g/mol. The van der Waals surface area contributed by atoms with Gasteiger partial charge >= 0.3 is 30.2 Å². The van der Waals surface area contributed by atoms with Crippen LogP contribution in [-0.4, -0.2) is 29.2 Å². The fraction of sp³-hybridized carbons (Fsp3) is 1.00. The van der Waals surface area contributed by atoms with Gasteiger partial charge in [-0.05, 0) is 6.42 Å². The third-order valence-corrected chi connectivity index (χ3v) is 1.86. The molecule has 1 unspecified atom stereocenters. The second-order valence-electron chi connectivity index (χ2n) is 1.39. The summed E-state index contributed by atoms with van der Waals surface area (Å²) in [5.74, 6) is 0. The molecule has 0 heterocycles. The Bertz CT molecular complexity index is 73.5. The number of hydrogen-bond donors (Lipinski definition) is 0. The van der Waals surface area contributed by atoms with Crippen LogP contribution in [0.25, 0.3) is 0 Å². The molecule has 0 aromatic rings. The van der Waals surface area contributed by atoms with Crippen molar-refractivity contribution >= 4 is 41.4 Å². The number of halogens is 3. The Kier molecular flexibility index (Phi) is 38.4. The van der Waals surface area contributed by atoms with Gasteiger partial charge in [-0.2, -0.15) is 0 Å². The largest absolute Gasteiger partial charge is 2.00 e. The van der Waals surface area contributed by atoms with Gasteiger partial charge in [0.05, 0.1) is 0 Å². The second-order valence-corrected chi connectivity index (χ2v) is 3.61. The Hall–Kier alpha value is 1.74. The standard InChI is InChI=1S/C4H9ClOP.2ClH.Mg/c1-2-3-4-7(5)6;;;/h2-4H2,1H3;2*1H;/q+1;;;+2/p-2. The Morgan fingerprint density at radius 3 is 1.90 bits per heavy atom. The van der Waals surface area contributed by atoms with E-state index in [-0.39, 0.29) is 47.9 Å². The van der Waals surface area contributed by atoms with Crippen molar-refractivity contribution in [1.82, 2.24) is 0 Å². The van der Waals surface area contributed by atoms with Gasteiger partial charge < -0.3 is 24.8 Å². The van der Waals surface area contributed by atoms with Crippen molar-refractivity contribution in [2.45, 2.75) is 19.8 Å². The summed E-state index contributed by atoms with van der Waals surface area (Å²) in [7, 11) is -1.38. The van der Waals surface area contributed by atoms with E-state index < -0.39 is 7.15 Å². The molecule has 0 fully saturated rings. The zero-order valence-electron chi connectivity index (χ0n) is 5.82. The molecule has 10 heavy (non-hydrogen) atoms. The number of rotatable bonds is 3. The SMILES string of the molecule is CCCC[P+](=O)Cl.[Cl-].[Cl-].[Mg+2]. The first-order chi connectivity index (χ1) is 3.27. The summed E-state index contributed by atoms with van der Waals surface area (Å²) in [5, 5.41) is 0. The maximum absolute atomic E-state index is 10.1. The van der Waals surface area contributed by atoms with E-state index in [0.29, 0.717) is 6.16 Å². The van der Waals surface area contributed by atoms with Crippen LogP contribution in [0.4, 0.5) is 0 Å². The smallest absolute Gasteiger partial charge is 1.00 e. The van der Waals surface area contributed by atoms with E-state index in [1.54, 1.807) is 0 Å². The fourth-order valence-electron chi connectivity index (χ4n) is 0.282. The monoisotopic (exact) mass is 233 g/mol. The molecule has 0 aliphatic heterocycles. The van der Waals surface area contributed by atoms with Gasteiger partial charge in [-0.15, -0.1) is 0 Å². The third-order valence-electron chi connectivity index (χ3n) is 0.687. The van der Waals surface area contributed by atoms with Crippen LogP contribution in [0.1, 0.15) is 19.8 Å². The van der Waals surface area contributed by atoms with Crippen molar-refractivity contribution in [1.29, 1.82) is 0 Å². The van der Waals surface area contributed by atoms with Crippen molar-refractivity contribution < 1.29 is 29.4 Å². The first-order valence-corrected chi connectivity index (χ1v) is 4.72. The molecule has 0 saturated carbocycles. The van der Waals surface area contributed by atoms with Crippen LogP contribution < -0.4 is 24.8 Å². The van der Waals surface area contributed by atoms with Crippen LogP contribution in [0.15, 0.2) is 0 Å². The van der Waals surface area contributed by atoms with E-state index in [9.17, 15) is 4.57 Å². The van der Waals surface area contributed by atoms with Gasteiger partial charge in [-0.1, -0.05) is 17.9 Å². The summed E-state index contributed by atoms with van der Waals surface area (Å²) in [6.07, 6.45) is 2.74. The summed E-state index contributed by atoms with van der Waals surface area (Å²) < 4.78 is 10.1. The quantitative estimate of drug-likeness (QED) is 0.364. The zero-order chi connectivity index (χ0) is 5.70. The summed E-state index contributed by atoms with van der Waals surface area (Å²) in [6, 6.07) is 0. The molecule has 6 heteroatoms. The van der Waals surface area contributed by atoms with Crippen LogP contribution >= 0.6 is 18.4 Å². The molecule has 0 aromatic carbocycles. The van der Waals surface area contributed by atoms with Crippen molar-refractivity contribution in [2.75, 3.05) is 6.16 Å². The minimum Gasteiger partial charge on any atom is -1.00 e. The maximum Gasteiger partial charge on any atom is 2.00 e. The number of hydrogen-bond acceptors (Lipinski definition) is 1. The minimum atomic E-state index is -1.38. The van der Waals surface area contributed by atoms with Gasteiger partial charge in [-0.25, -0.2) is 0 Å². The van der Waals surface area contributed by atoms with E-state index in [2.05, 4.69) is 6.92 Å². The summed E-state index contributed by atoms with van der Waals surface area (Å²) in [6.45, 7) is 2.05. The molecule has 0 N–H and O–H groups in total. The predicted octanol–water partition coefficient (Wildman–Crippen LogP) is -3.61. The molecule has 0 aliphatic rings. The van der Waals surface area contributed by atoms with Gasteiger partial charge in [0, 0.05) is 0 Å². The summed E-state index contributed by atoms with van der Waals surface area (Å²) in [4.78, 5) is 0. The molecule has 1 atom stereocenters. The van der Waals surface area contributed by atoms with Crippen molar-refractivity contribution in [3.8, 4) is 0 Å². The van der Waals surface area contributed by atoms with E-state index in [1.165, 1.54) is 0 Å². The Labute approximate surface area is 96.2 Å². The van der Waals surface area contributed by atoms with Gasteiger partial charge in [0.25, 0.3) is 0 Å². The fourth-order valence-corrected chi connectivity index (χ4v) is 1.21. The van der Waals surface area contributed by atoms with Gasteiger partial charge in [0.2, 0.25) is 11.2 Å². The minimum absolute atomic E-state index is 0. The van der Waals surface area contributed by atoms with E-state index in [1.807, 2.05) is 0 Å². The van der Waals surface area contributed by atoms with Crippen molar-refractivity contribution in [3.63, 3.8) is 0 Å². The van der Waals surface area contributed by atoms with Gasteiger partial charge in [-0.3, -0.25) is 0 Å². The molecular weight excluding hydrogens is 226 g/mol. The Morgan fingerprint density at radius 2 is 1.80 bits per heavy atom. The maximum atomic E-state index is 10.1. The molecule has 0 saturated heterocycles. The molecule has 1 nitrogen and oxygen atoms in total. The molecule has 0 aliphatic carbocycles. The molecule has 0 aromatic heterocycles. The van der Waals surface area contributed by atoms with Crippen LogP contribution in [0, 0.1) is 0 Å². The van der Waals surface area contributed by atoms with Gasteiger partial charge in [0.15, 0.2) is 6.16 Å². The van der Waals surface area contributed by atoms with E-state index in [4.69, 9.17) is 11.2 Å². The molecule has 0 rings (SSSR count). The first-order valence-electron chi connectivity index (χ1n) is 2.37. The predicted molar refractivity (Wildman–Crippen MR) is 39.0 cm³/mol. The number of unbranched alkanes of at least 4 members (excludes halogenated alkanes) is 1. The van der Waals surface area contributed by atoms with Crippen LogP contribution in [0.5, 0.6) is 0 Å². The molecule has 0 radical (unpaired) electrons. The molecular formula is C4H9Cl3MgOP+. The normalized spacial score (nSPS) is 8.00. The van der Waals surface area contributed by atoms with E-state index >= 15 is 0 Å². The van der Waals surface area contributed by atoms with E-state index in [0.717, 1.165) is 12.8 Å². The van der Waals surface area contributed by atoms with Crippen LogP contribution in [0.2, 0.25) is 0 Å². The Balaban J connectivity index is -0.0000000600. The molecule has 0 bridgehead atoms. The first kappa shape index (κ1) is 22.6. The third kappa shape index (κ3) is 22.6. The zero-order valence-corrected chi connectivity index (χ0v) is 10.4. The van der Waals surface area contributed by atoms with Crippen LogP contribution in [0.3, 0.4) is 0 Å². The van der Waals surface area contributed by atoms with Crippen molar-refractivity contribution in [3.05, 3.63) is 0 Å². The van der Waals surface area contributed by atoms with Gasteiger partial charge in [0.1, 0.15) is 0 Å². The molecule has 0 spiro atoms. The topological polar surface area (TPSA) is 17.1 Å². The summed E-state index contributed by atoms with van der Waals surface area (Å²) in [5.41, 5.74) is 0. The summed E-state index contributed by atoms with van der Waals surface area (Å²) >= 11 is 5.17. The second kappa shape index (κ2) is 17.0. The van der Waals surface area contributed by atoms with Crippen LogP contribution in [-0.2, 0) is 4.57 Å². The molecule has 0 amide bonds. The average Bonchev–Trinajstić information content (AvgIpc) is 1.61.